The number of aromatic nitrogens is 3. The molecule has 0 saturated carbocycles. The molecule has 0 atom stereocenters. The van der Waals surface area contributed by atoms with Gasteiger partial charge in [-0.25, -0.2) is 9.97 Å². The summed E-state index contributed by atoms with van der Waals surface area (Å²) in [4.78, 5) is 13.3. The molecule has 1 saturated heterocycles. The molecule has 0 bridgehead atoms. The molecule has 1 N–H and O–H groups in total. The van der Waals surface area contributed by atoms with Crippen LogP contribution in [0.1, 0.15) is 5.56 Å². The lowest BCUT2D eigenvalue weighted by Crippen LogP contribution is -2.43. The number of hydrogen-bond acceptors (Lipinski definition) is 5. The van der Waals surface area contributed by atoms with Gasteiger partial charge in [0, 0.05) is 37.4 Å². The number of piperazine rings is 1. The van der Waals surface area contributed by atoms with Gasteiger partial charge in [-0.3, -0.25) is 0 Å². The van der Waals surface area contributed by atoms with Gasteiger partial charge in [0.15, 0.2) is 11.5 Å². The van der Waals surface area contributed by atoms with Gasteiger partial charge in [0.2, 0.25) is 0 Å². The van der Waals surface area contributed by atoms with Crippen molar-refractivity contribution in [3.63, 3.8) is 0 Å². The SMILES string of the molecule is Clc1cccc(Cn2c(-c3cccs3)nc3c(N4CCNCC4)ccnc32)c1. The Morgan fingerprint density at radius 3 is 2.79 bits per heavy atom. The highest BCUT2D eigenvalue weighted by Gasteiger charge is 2.21. The van der Waals surface area contributed by atoms with Gasteiger partial charge < -0.3 is 14.8 Å². The average molecular weight is 410 g/mol. The molecule has 1 aliphatic heterocycles. The van der Waals surface area contributed by atoms with Crippen molar-refractivity contribution in [1.82, 2.24) is 19.9 Å². The molecule has 0 unspecified atom stereocenters. The Morgan fingerprint density at radius 1 is 1.11 bits per heavy atom. The van der Waals surface area contributed by atoms with Crippen LogP contribution in [0.5, 0.6) is 0 Å². The molecular weight excluding hydrogens is 390 g/mol. The first-order valence-electron chi connectivity index (χ1n) is 9.39. The summed E-state index contributed by atoms with van der Waals surface area (Å²) >= 11 is 7.92. The zero-order chi connectivity index (χ0) is 18.9. The number of rotatable bonds is 4. The van der Waals surface area contributed by atoms with Crippen molar-refractivity contribution >= 4 is 39.8 Å². The van der Waals surface area contributed by atoms with Gasteiger partial charge in [-0.15, -0.1) is 11.3 Å². The number of thiophene rings is 1. The molecule has 0 radical (unpaired) electrons. The number of imidazole rings is 1. The smallest absolute Gasteiger partial charge is 0.162 e. The van der Waals surface area contributed by atoms with Crippen molar-refractivity contribution < 1.29 is 0 Å². The third kappa shape index (κ3) is 3.28. The Hall–Kier alpha value is -2.41. The van der Waals surface area contributed by atoms with E-state index in [2.05, 4.69) is 44.4 Å². The Bertz CT molecular complexity index is 1100. The van der Waals surface area contributed by atoms with Crippen molar-refractivity contribution in [1.29, 1.82) is 0 Å². The van der Waals surface area contributed by atoms with Crippen LogP contribution in [0.4, 0.5) is 5.69 Å². The normalized spacial score (nSPS) is 14.7. The van der Waals surface area contributed by atoms with E-state index in [1.54, 1.807) is 11.3 Å². The second kappa shape index (κ2) is 7.54. The lowest BCUT2D eigenvalue weighted by molar-refractivity contribution is 0.590. The number of halogens is 1. The Labute approximate surface area is 172 Å². The standard InChI is InChI=1S/C21H20ClN5S/c22-16-4-1-3-15(13-16)14-27-20(18-5-2-12-28-18)25-19-17(6-7-24-21(19)27)26-10-8-23-9-11-26/h1-7,12-13,23H,8-11,14H2. The Balaban J connectivity index is 1.67. The molecule has 4 aromatic rings. The van der Waals surface area contributed by atoms with E-state index in [4.69, 9.17) is 21.6 Å². The van der Waals surface area contributed by atoms with Gasteiger partial charge in [0.05, 0.1) is 17.1 Å². The number of nitrogens with one attached hydrogen (secondary N) is 1. The molecule has 1 aliphatic rings. The highest BCUT2D eigenvalue weighted by molar-refractivity contribution is 7.13. The van der Waals surface area contributed by atoms with E-state index < -0.39 is 0 Å². The van der Waals surface area contributed by atoms with E-state index in [-0.39, 0.29) is 0 Å². The Kier molecular flexibility index (Phi) is 4.76. The minimum atomic E-state index is 0.683. The van der Waals surface area contributed by atoms with Crippen molar-refractivity contribution in [2.45, 2.75) is 6.54 Å². The van der Waals surface area contributed by atoms with E-state index in [9.17, 15) is 0 Å². The number of fused-ring (bicyclic) bond motifs is 1. The van der Waals surface area contributed by atoms with Crippen LogP contribution in [0.25, 0.3) is 21.9 Å². The molecule has 3 aromatic heterocycles. The number of hydrogen-bond donors (Lipinski definition) is 1. The molecule has 0 amide bonds. The topological polar surface area (TPSA) is 46.0 Å². The van der Waals surface area contributed by atoms with E-state index in [0.29, 0.717) is 6.54 Å². The highest BCUT2D eigenvalue weighted by Crippen LogP contribution is 2.32. The quantitative estimate of drug-likeness (QED) is 0.546. The van der Waals surface area contributed by atoms with Crippen LogP contribution < -0.4 is 10.2 Å². The summed E-state index contributed by atoms with van der Waals surface area (Å²) in [5.74, 6) is 0.958. The molecule has 1 aromatic carbocycles. The summed E-state index contributed by atoms with van der Waals surface area (Å²) < 4.78 is 2.21. The third-order valence-corrected chi connectivity index (χ3v) is 6.14. The summed E-state index contributed by atoms with van der Waals surface area (Å²) in [5, 5.41) is 6.25. The lowest BCUT2D eigenvalue weighted by Gasteiger charge is -2.29. The van der Waals surface area contributed by atoms with Gasteiger partial charge in [0.1, 0.15) is 5.52 Å². The molecule has 28 heavy (non-hydrogen) atoms. The number of pyridine rings is 1. The minimum absolute atomic E-state index is 0.683. The molecular formula is C21H20ClN5S. The first-order chi connectivity index (χ1) is 13.8. The monoisotopic (exact) mass is 409 g/mol. The predicted molar refractivity (Wildman–Crippen MR) is 116 cm³/mol. The van der Waals surface area contributed by atoms with Crippen molar-refractivity contribution in [3.8, 4) is 10.7 Å². The number of nitrogens with zero attached hydrogens (tertiary/aromatic N) is 4. The molecule has 1 fully saturated rings. The van der Waals surface area contributed by atoms with Crippen LogP contribution in [-0.2, 0) is 6.54 Å². The van der Waals surface area contributed by atoms with Gasteiger partial charge in [-0.05, 0) is 35.2 Å². The highest BCUT2D eigenvalue weighted by atomic mass is 35.5. The zero-order valence-electron chi connectivity index (χ0n) is 15.3. The fourth-order valence-electron chi connectivity index (χ4n) is 3.73. The molecule has 0 aliphatic carbocycles. The number of benzene rings is 1. The molecule has 5 nitrogen and oxygen atoms in total. The summed E-state index contributed by atoms with van der Waals surface area (Å²) in [7, 11) is 0. The van der Waals surface area contributed by atoms with E-state index >= 15 is 0 Å². The van der Waals surface area contributed by atoms with E-state index in [1.807, 2.05) is 24.4 Å². The zero-order valence-corrected chi connectivity index (χ0v) is 16.9. The third-order valence-electron chi connectivity index (χ3n) is 5.04. The van der Waals surface area contributed by atoms with Crippen LogP contribution in [0.3, 0.4) is 0 Å². The molecule has 5 rings (SSSR count). The van der Waals surface area contributed by atoms with E-state index in [1.165, 1.54) is 0 Å². The summed E-state index contributed by atoms with van der Waals surface area (Å²) in [6, 6.07) is 14.3. The second-order valence-corrected chi connectivity index (χ2v) is 8.25. The summed E-state index contributed by atoms with van der Waals surface area (Å²) in [5.41, 5.74) is 4.18. The largest absolute Gasteiger partial charge is 0.367 e. The molecule has 4 heterocycles. The maximum Gasteiger partial charge on any atom is 0.162 e. The van der Waals surface area contributed by atoms with Gasteiger partial charge in [0.25, 0.3) is 0 Å². The predicted octanol–water partition coefficient (Wildman–Crippen LogP) is 4.27. The van der Waals surface area contributed by atoms with E-state index in [0.717, 1.165) is 64.3 Å². The average Bonchev–Trinajstić information content (AvgIpc) is 3.37. The van der Waals surface area contributed by atoms with Crippen molar-refractivity contribution in [2.24, 2.45) is 0 Å². The van der Waals surface area contributed by atoms with Crippen LogP contribution in [-0.4, -0.2) is 40.7 Å². The summed E-state index contributed by atoms with van der Waals surface area (Å²) in [6.07, 6.45) is 1.90. The van der Waals surface area contributed by atoms with Gasteiger partial charge >= 0.3 is 0 Å². The fourth-order valence-corrected chi connectivity index (χ4v) is 4.66. The van der Waals surface area contributed by atoms with Crippen LogP contribution in [0.15, 0.2) is 54.0 Å². The molecule has 0 spiro atoms. The maximum atomic E-state index is 6.22. The van der Waals surface area contributed by atoms with Crippen molar-refractivity contribution in [2.75, 3.05) is 31.1 Å². The van der Waals surface area contributed by atoms with Crippen molar-refractivity contribution in [3.05, 3.63) is 64.6 Å². The van der Waals surface area contributed by atoms with Crippen LogP contribution in [0.2, 0.25) is 5.02 Å². The fraction of sp³-hybridized carbons (Fsp3) is 0.238. The minimum Gasteiger partial charge on any atom is -0.367 e. The van der Waals surface area contributed by atoms with Crippen LogP contribution >= 0.6 is 22.9 Å². The van der Waals surface area contributed by atoms with Gasteiger partial charge in [-0.2, -0.15) is 0 Å². The molecule has 142 valence electrons. The molecule has 7 heteroatoms. The lowest BCUT2D eigenvalue weighted by atomic mass is 10.2. The Morgan fingerprint density at radius 2 is 2.00 bits per heavy atom. The second-order valence-electron chi connectivity index (χ2n) is 6.87. The first kappa shape index (κ1) is 17.7. The number of anilines is 1. The first-order valence-corrected chi connectivity index (χ1v) is 10.6. The van der Waals surface area contributed by atoms with Crippen LogP contribution in [0, 0.1) is 0 Å². The summed E-state index contributed by atoms with van der Waals surface area (Å²) in [6.45, 7) is 4.63. The maximum absolute atomic E-state index is 6.22. The van der Waals surface area contributed by atoms with Gasteiger partial charge in [-0.1, -0.05) is 29.8 Å².